The highest BCUT2D eigenvalue weighted by Gasteiger charge is 2.20. The lowest BCUT2D eigenvalue weighted by Crippen LogP contribution is -2.49. The smallest absolute Gasteiger partial charge is 0.161 e. The van der Waals surface area contributed by atoms with Gasteiger partial charge in [0.2, 0.25) is 0 Å². The lowest BCUT2D eigenvalue weighted by Gasteiger charge is -2.37. The van der Waals surface area contributed by atoms with Crippen molar-refractivity contribution in [2.45, 2.75) is 13.0 Å². The Kier molecular flexibility index (Phi) is 7.99. The Balaban J connectivity index is 1.46. The zero-order valence-corrected chi connectivity index (χ0v) is 18.1. The van der Waals surface area contributed by atoms with Crippen LogP contribution in [0.25, 0.3) is 6.08 Å². The van der Waals surface area contributed by atoms with Crippen molar-refractivity contribution in [3.8, 4) is 17.2 Å². The average molecular weight is 413 g/mol. The van der Waals surface area contributed by atoms with Gasteiger partial charge < -0.3 is 24.2 Å². The Morgan fingerprint density at radius 2 is 1.80 bits per heavy atom. The molecule has 1 aliphatic heterocycles. The molecule has 0 aromatic heterocycles. The lowest BCUT2D eigenvalue weighted by molar-refractivity contribution is 0.0653. The van der Waals surface area contributed by atoms with Crippen LogP contribution in [0.15, 0.2) is 48.5 Å². The van der Waals surface area contributed by atoms with E-state index in [1.54, 1.807) is 14.2 Å². The summed E-state index contributed by atoms with van der Waals surface area (Å²) < 4.78 is 16.6. The van der Waals surface area contributed by atoms with E-state index in [1.165, 1.54) is 5.69 Å². The molecule has 0 amide bonds. The van der Waals surface area contributed by atoms with Crippen LogP contribution in [0.3, 0.4) is 0 Å². The van der Waals surface area contributed by atoms with Gasteiger partial charge in [0, 0.05) is 44.5 Å². The normalized spacial score (nSPS) is 15.9. The van der Waals surface area contributed by atoms with Gasteiger partial charge in [-0.1, -0.05) is 24.3 Å². The van der Waals surface area contributed by atoms with E-state index in [-0.39, 0.29) is 6.61 Å². The molecule has 162 valence electrons. The van der Waals surface area contributed by atoms with Gasteiger partial charge in [-0.15, -0.1) is 0 Å². The van der Waals surface area contributed by atoms with Gasteiger partial charge in [0.1, 0.15) is 18.5 Å². The Labute approximate surface area is 179 Å². The summed E-state index contributed by atoms with van der Waals surface area (Å²) in [4.78, 5) is 4.62. The third-order valence-electron chi connectivity index (χ3n) is 5.24. The summed E-state index contributed by atoms with van der Waals surface area (Å²) in [5.74, 6) is 2.19. The highest BCUT2D eigenvalue weighted by atomic mass is 16.5. The van der Waals surface area contributed by atoms with Crippen molar-refractivity contribution < 1.29 is 19.3 Å². The third kappa shape index (κ3) is 5.90. The highest BCUT2D eigenvalue weighted by Crippen LogP contribution is 2.29. The number of benzene rings is 2. The zero-order valence-electron chi connectivity index (χ0n) is 18.1. The summed E-state index contributed by atoms with van der Waals surface area (Å²) in [5, 5.41) is 10.5. The second-order valence-electron chi connectivity index (χ2n) is 7.36. The minimum atomic E-state index is -0.562. The molecule has 0 bridgehead atoms. The van der Waals surface area contributed by atoms with Crippen molar-refractivity contribution >= 4 is 11.8 Å². The van der Waals surface area contributed by atoms with Crippen molar-refractivity contribution in [1.82, 2.24) is 4.90 Å². The van der Waals surface area contributed by atoms with Crippen molar-refractivity contribution in [1.29, 1.82) is 0 Å². The van der Waals surface area contributed by atoms with Crippen LogP contribution < -0.4 is 19.1 Å². The molecule has 1 fully saturated rings. The lowest BCUT2D eigenvalue weighted by atomic mass is 10.2. The maximum absolute atomic E-state index is 10.5. The van der Waals surface area contributed by atoms with Crippen molar-refractivity contribution in [2.75, 3.05) is 58.5 Å². The molecule has 0 radical (unpaired) electrons. The number of methoxy groups -OCH3 is 2. The van der Waals surface area contributed by atoms with E-state index in [0.29, 0.717) is 18.0 Å². The number of β-amino-alcohol motifs (C(OH)–C–C–N with tert-alkyl or cyclic N) is 1. The van der Waals surface area contributed by atoms with Crippen molar-refractivity contribution in [3.05, 3.63) is 54.1 Å². The first kappa shape index (κ1) is 22.0. The van der Waals surface area contributed by atoms with E-state index >= 15 is 0 Å². The number of anilines is 1. The largest absolute Gasteiger partial charge is 0.497 e. The SMILES string of the molecule is C/C=C/c1ccc(OCC(O)CN2CCN(c3cccc(OC)c3)CC2)c(OC)c1. The summed E-state index contributed by atoms with van der Waals surface area (Å²) in [5.41, 5.74) is 2.22. The number of piperazine rings is 1. The molecule has 1 aliphatic rings. The second kappa shape index (κ2) is 10.9. The minimum Gasteiger partial charge on any atom is -0.497 e. The summed E-state index contributed by atoms with van der Waals surface area (Å²) >= 11 is 0. The Morgan fingerprint density at radius 1 is 1.00 bits per heavy atom. The highest BCUT2D eigenvalue weighted by molar-refractivity contribution is 5.55. The first-order valence-electron chi connectivity index (χ1n) is 10.4. The van der Waals surface area contributed by atoms with Gasteiger partial charge >= 0.3 is 0 Å². The summed E-state index contributed by atoms with van der Waals surface area (Å²) in [6, 6.07) is 13.9. The topological polar surface area (TPSA) is 54.4 Å². The van der Waals surface area contributed by atoms with Crippen LogP contribution in [0.4, 0.5) is 5.69 Å². The monoisotopic (exact) mass is 412 g/mol. The number of nitrogens with zero attached hydrogens (tertiary/aromatic N) is 2. The Bertz CT molecular complexity index is 832. The average Bonchev–Trinajstić information content (AvgIpc) is 2.79. The number of aliphatic hydroxyl groups is 1. The van der Waals surface area contributed by atoms with Gasteiger partial charge in [-0.05, 0) is 36.8 Å². The van der Waals surface area contributed by atoms with Gasteiger partial charge in [0.25, 0.3) is 0 Å². The Morgan fingerprint density at radius 3 is 2.50 bits per heavy atom. The molecular weight excluding hydrogens is 380 g/mol. The van der Waals surface area contributed by atoms with Gasteiger partial charge in [0.05, 0.1) is 14.2 Å². The Hall–Kier alpha value is -2.70. The molecule has 0 aliphatic carbocycles. The van der Waals surface area contributed by atoms with E-state index in [1.807, 2.05) is 49.4 Å². The molecular formula is C24H32N2O4. The third-order valence-corrected chi connectivity index (χ3v) is 5.24. The van der Waals surface area contributed by atoms with Gasteiger partial charge in [0.15, 0.2) is 11.5 Å². The van der Waals surface area contributed by atoms with Crippen LogP contribution in [-0.2, 0) is 0 Å². The molecule has 1 saturated heterocycles. The zero-order chi connectivity index (χ0) is 21.3. The molecule has 6 nitrogen and oxygen atoms in total. The summed E-state index contributed by atoms with van der Waals surface area (Å²) in [6.45, 7) is 6.43. The maximum Gasteiger partial charge on any atom is 0.161 e. The number of hydrogen-bond acceptors (Lipinski definition) is 6. The van der Waals surface area contributed by atoms with E-state index in [2.05, 4.69) is 21.9 Å². The fraction of sp³-hybridized carbons (Fsp3) is 0.417. The second-order valence-corrected chi connectivity index (χ2v) is 7.36. The molecule has 2 aromatic rings. The molecule has 1 heterocycles. The van der Waals surface area contributed by atoms with Crippen LogP contribution in [-0.4, -0.2) is 69.7 Å². The number of ether oxygens (including phenoxy) is 3. The number of aliphatic hydroxyl groups excluding tert-OH is 1. The summed E-state index contributed by atoms with van der Waals surface area (Å²) in [6.07, 6.45) is 3.42. The van der Waals surface area contributed by atoms with Crippen LogP contribution in [0.1, 0.15) is 12.5 Å². The van der Waals surface area contributed by atoms with Gasteiger partial charge in [-0.3, -0.25) is 4.90 Å². The maximum atomic E-state index is 10.5. The van der Waals surface area contributed by atoms with Gasteiger partial charge in [-0.25, -0.2) is 0 Å². The first-order valence-corrected chi connectivity index (χ1v) is 10.4. The van der Waals surface area contributed by atoms with Crippen LogP contribution >= 0.6 is 0 Å². The van der Waals surface area contributed by atoms with Crippen LogP contribution in [0.2, 0.25) is 0 Å². The fourth-order valence-electron chi connectivity index (χ4n) is 3.63. The molecule has 2 aromatic carbocycles. The van der Waals surface area contributed by atoms with Crippen molar-refractivity contribution in [2.24, 2.45) is 0 Å². The van der Waals surface area contributed by atoms with E-state index in [4.69, 9.17) is 14.2 Å². The molecule has 1 atom stereocenters. The molecule has 3 rings (SSSR count). The van der Waals surface area contributed by atoms with E-state index < -0.39 is 6.10 Å². The van der Waals surface area contributed by atoms with E-state index in [9.17, 15) is 5.11 Å². The molecule has 1 unspecified atom stereocenters. The number of rotatable bonds is 9. The fourth-order valence-corrected chi connectivity index (χ4v) is 3.63. The molecule has 0 saturated carbocycles. The standard InChI is InChI=1S/C24H32N2O4/c1-4-6-19-9-10-23(24(15-19)29-3)30-18-21(27)17-25-11-13-26(14-12-25)20-7-5-8-22(16-20)28-2/h4-10,15-16,21,27H,11-14,17-18H2,1-3H3/b6-4+. The minimum absolute atomic E-state index is 0.232. The predicted molar refractivity (Wildman–Crippen MR) is 121 cm³/mol. The molecule has 30 heavy (non-hydrogen) atoms. The number of hydrogen-bond donors (Lipinski definition) is 1. The quantitative estimate of drug-likeness (QED) is 0.682. The molecule has 1 N–H and O–H groups in total. The molecule has 6 heteroatoms. The number of allylic oxidation sites excluding steroid dienone is 1. The van der Waals surface area contributed by atoms with Crippen LogP contribution in [0, 0.1) is 0 Å². The first-order chi connectivity index (χ1) is 14.6. The predicted octanol–water partition coefficient (Wildman–Crippen LogP) is 3.30. The molecule has 0 spiro atoms. The van der Waals surface area contributed by atoms with Crippen molar-refractivity contribution in [3.63, 3.8) is 0 Å². The van der Waals surface area contributed by atoms with Crippen LogP contribution in [0.5, 0.6) is 17.2 Å². The van der Waals surface area contributed by atoms with Gasteiger partial charge in [-0.2, -0.15) is 0 Å². The van der Waals surface area contributed by atoms with E-state index in [0.717, 1.165) is 37.5 Å². The summed E-state index contributed by atoms with van der Waals surface area (Å²) in [7, 11) is 3.31.